The van der Waals surface area contributed by atoms with Crippen molar-refractivity contribution in [3.63, 3.8) is 0 Å². The Balaban J connectivity index is 1.94. The van der Waals surface area contributed by atoms with Gasteiger partial charge in [-0.25, -0.2) is 4.39 Å². The molecule has 0 spiro atoms. The van der Waals surface area contributed by atoms with E-state index in [9.17, 15) is 9.18 Å². The summed E-state index contributed by atoms with van der Waals surface area (Å²) >= 11 is 0. The molecule has 2 aromatic carbocycles. The number of rotatable bonds is 3. The summed E-state index contributed by atoms with van der Waals surface area (Å²) in [6.07, 6.45) is 0. The second-order valence-corrected chi connectivity index (χ2v) is 4.65. The fraction of sp³-hybridized carbons (Fsp3) is 0.188. The zero-order valence-electron chi connectivity index (χ0n) is 11.0. The van der Waals surface area contributed by atoms with E-state index in [0.717, 1.165) is 11.1 Å². The summed E-state index contributed by atoms with van der Waals surface area (Å²) in [7, 11) is 1.39. The van der Waals surface area contributed by atoms with E-state index in [4.69, 9.17) is 9.47 Å². The zero-order chi connectivity index (χ0) is 14.1. The molecule has 1 heterocycles. The first kappa shape index (κ1) is 12.8. The molecule has 0 aliphatic carbocycles. The Bertz CT molecular complexity index is 679. The minimum Gasteiger partial charge on any atom is -0.494 e. The lowest BCUT2D eigenvalue weighted by molar-refractivity contribution is 0.103. The minimum atomic E-state index is -0.539. The molecule has 0 bridgehead atoms. The molecule has 3 rings (SSSR count). The number of benzene rings is 2. The first-order chi connectivity index (χ1) is 9.69. The SMILES string of the molecule is COc1ccc(C(=O)c2ccc3c(c2)COC3)cc1F. The number of hydrogen-bond acceptors (Lipinski definition) is 3. The topological polar surface area (TPSA) is 35.5 Å². The summed E-state index contributed by atoms with van der Waals surface area (Å²) < 4.78 is 23.8. The van der Waals surface area contributed by atoms with Gasteiger partial charge in [-0.15, -0.1) is 0 Å². The smallest absolute Gasteiger partial charge is 0.193 e. The van der Waals surface area contributed by atoms with Crippen molar-refractivity contribution in [2.24, 2.45) is 0 Å². The highest BCUT2D eigenvalue weighted by Crippen LogP contribution is 2.24. The van der Waals surface area contributed by atoms with Gasteiger partial charge in [0, 0.05) is 11.1 Å². The molecule has 2 aromatic rings. The Kier molecular flexibility index (Phi) is 3.24. The van der Waals surface area contributed by atoms with Gasteiger partial charge in [-0.05, 0) is 35.4 Å². The van der Waals surface area contributed by atoms with Gasteiger partial charge < -0.3 is 9.47 Å². The molecule has 1 aliphatic heterocycles. The molecule has 3 nitrogen and oxygen atoms in total. The molecule has 0 saturated heterocycles. The maximum absolute atomic E-state index is 13.6. The van der Waals surface area contributed by atoms with Crippen LogP contribution in [-0.2, 0) is 18.0 Å². The van der Waals surface area contributed by atoms with Crippen LogP contribution in [0.1, 0.15) is 27.0 Å². The van der Waals surface area contributed by atoms with Crippen molar-refractivity contribution >= 4 is 5.78 Å². The van der Waals surface area contributed by atoms with E-state index in [1.807, 2.05) is 12.1 Å². The van der Waals surface area contributed by atoms with E-state index in [2.05, 4.69) is 0 Å². The lowest BCUT2D eigenvalue weighted by atomic mass is 9.99. The monoisotopic (exact) mass is 272 g/mol. The van der Waals surface area contributed by atoms with Crippen molar-refractivity contribution in [2.45, 2.75) is 13.2 Å². The molecule has 102 valence electrons. The molecule has 0 N–H and O–H groups in total. The van der Waals surface area contributed by atoms with Crippen LogP contribution in [0.2, 0.25) is 0 Å². The highest BCUT2D eigenvalue weighted by Gasteiger charge is 2.16. The van der Waals surface area contributed by atoms with E-state index in [1.165, 1.54) is 19.2 Å². The highest BCUT2D eigenvalue weighted by molar-refractivity contribution is 6.09. The van der Waals surface area contributed by atoms with Crippen molar-refractivity contribution in [2.75, 3.05) is 7.11 Å². The molecule has 0 unspecified atom stereocenters. The van der Waals surface area contributed by atoms with Crippen LogP contribution < -0.4 is 4.74 Å². The number of halogens is 1. The standard InChI is InChI=1S/C16H13FO3/c1-19-15-5-4-11(7-14(15)17)16(18)10-2-3-12-8-20-9-13(12)6-10/h2-7H,8-9H2,1H3. The van der Waals surface area contributed by atoms with Crippen LogP contribution >= 0.6 is 0 Å². The Morgan fingerprint density at radius 1 is 1.10 bits per heavy atom. The molecule has 1 aliphatic rings. The molecule has 0 amide bonds. The number of hydrogen-bond donors (Lipinski definition) is 0. The van der Waals surface area contributed by atoms with Gasteiger partial charge in [0.05, 0.1) is 20.3 Å². The lowest BCUT2D eigenvalue weighted by Crippen LogP contribution is -2.03. The number of carbonyl (C=O) groups excluding carboxylic acids is 1. The van der Waals surface area contributed by atoms with Crippen molar-refractivity contribution in [1.82, 2.24) is 0 Å². The first-order valence-corrected chi connectivity index (χ1v) is 6.27. The van der Waals surface area contributed by atoms with Gasteiger partial charge in [0.15, 0.2) is 17.3 Å². The first-order valence-electron chi connectivity index (χ1n) is 6.27. The minimum absolute atomic E-state index is 0.129. The van der Waals surface area contributed by atoms with Crippen molar-refractivity contribution in [3.05, 3.63) is 64.5 Å². The van der Waals surface area contributed by atoms with Crippen LogP contribution in [0.4, 0.5) is 4.39 Å². The molecule has 0 aromatic heterocycles. The Morgan fingerprint density at radius 3 is 2.55 bits per heavy atom. The fourth-order valence-corrected chi connectivity index (χ4v) is 2.29. The number of ketones is 1. The number of fused-ring (bicyclic) bond motifs is 1. The molecule has 0 atom stereocenters. The second kappa shape index (κ2) is 5.06. The van der Waals surface area contributed by atoms with Gasteiger partial charge >= 0.3 is 0 Å². The molecular weight excluding hydrogens is 259 g/mol. The lowest BCUT2D eigenvalue weighted by Gasteiger charge is -2.06. The predicted molar refractivity (Wildman–Crippen MR) is 71.3 cm³/mol. The normalized spacial score (nSPS) is 13.1. The van der Waals surface area contributed by atoms with E-state index in [0.29, 0.717) is 24.3 Å². The third-order valence-electron chi connectivity index (χ3n) is 3.40. The van der Waals surface area contributed by atoms with Gasteiger partial charge in [0.1, 0.15) is 0 Å². The van der Waals surface area contributed by atoms with Crippen LogP contribution in [0, 0.1) is 5.82 Å². The van der Waals surface area contributed by atoms with Crippen LogP contribution in [-0.4, -0.2) is 12.9 Å². The predicted octanol–water partition coefficient (Wildman–Crippen LogP) is 3.10. The fourth-order valence-electron chi connectivity index (χ4n) is 2.29. The third kappa shape index (κ3) is 2.18. The molecular formula is C16H13FO3. The average Bonchev–Trinajstić information content (AvgIpc) is 2.93. The highest BCUT2D eigenvalue weighted by atomic mass is 19.1. The summed E-state index contributed by atoms with van der Waals surface area (Å²) in [4.78, 5) is 12.3. The van der Waals surface area contributed by atoms with Crippen molar-refractivity contribution in [1.29, 1.82) is 0 Å². The van der Waals surface area contributed by atoms with Crippen LogP contribution in [0.5, 0.6) is 5.75 Å². The van der Waals surface area contributed by atoms with Gasteiger partial charge in [0.25, 0.3) is 0 Å². The maximum Gasteiger partial charge on any atom is 0.193 e. The van der Waals surface area contributed by atoms with E-state index in [-0.39, 0.29) is 11.5 Å². The number of ether oxygens (including phenoxy) is 2. The van der Waals surface area contributed by atoms with Gasteiger partial charge in [-0.3, -0.25) is 4.79 Å². The quantitative estimate of drug-likeness (QED) is 0.805. The molecule has 4 heteroatoms. The largest absolute Gasteiger partial charge is 0.494 e. The van der Waals surface area contributed by atoms with Gasteiger partial charge in [-0.2, -0.15) is 0 Å². The van der Waals surface area contributed by atoms with Crippen LogP contribution in [0.15, 0.2) is 36.4 Å². The summed E-state index contributed by atoms with van der Waals surface area (Å²) in [6.45, 7) is 1.11. The third-order valence-corrected chi connectivity index (χ3v) is 3.40. The Hall–Kier alpha value is -2.20. The average molecular weight is 272 g/mol. The molecule has 0 saturated carbocycles. The Morgan fingerprint density at radius 2 is 1.80 bits per heavy atom. The molecule has 0 radical (unpaired) electrons. The van der Waals surface area contributed by atoms with E-state index < -0.39 is 5.82 Å². The maximum atomic E-state index is 13.6. The number of carbonyl (C=O) groups is 1. The summed E-state index contributed by atoms with van der Waals surface area (Å²) in [5.41, 5.74) is 2.97. The summed E-state index contributed by atoms with van der Waals surface area (Å²) in [5, 5.41) is 0. The summed E-state index contributed by atoms with van der Waals surface area (Å²) in [5.74, 6) is -0.618. The van der Waals surface area contributed by atoms with Crippen molar-refractivity contribution < 1.29 is 18.7 Å². The Labute approximate surface area is 115 Å². The molecule has 20 heavy (non-hydrogen) atoms. The second-order valence-electron chi connectivity index (χ2n) is 4.65. The summed E-state index contributed by atoms with van der Waals surface area (Å²) in [6, 6.07) is 9.66. The van der Waals surface area contributed by atoms with Gasteiger partial charge in [-0.1, -0.05) is 12.1 Å². The zero-order valence-corrected chi connectivity index (χ0v) is 11.0. The molecule has 0 fully saturated rings. The van der Waals surface area contributed by atoms with Crippen molar-refractivity contribution in [3.8, 4) is 5.75 Å². The van der Waals surface area contributed by atoms with Crippen LogP contribution in [0.3, 0.4) is 0 Å². The number of methoxy groups -OCH3 is 1. The van der Waals surface area contributed by atoms with Gasteiger partial charge in [0.2, 0.25) is 0 Å². The van der Waals surface area contributed by atoms with E-state index in [1.54, 1.807) is 12.1 Å². The van der Waals surface area contributed by atoms with Crippen LogP contribution in [0.25, 0.3) is 0 Å². The van der Waals surface area contributed by atoms with E-state index >= 15 is 0 Å².